The average molecular weight is 290 g/mol. The van der Waals surface area contributed by atoms with Crippen molar-refractivity contribution < 1.29 is 9.53 Å². The molecule has 1 aromatic heterocycles. The van der Waals surface area contributed by atoms with Crippen LogP contribution in [0.3, 0.4) is 0 Å². The fourth-order valence-electron chi connectivity index (χ4n) is 1.66. The number of rotatable bonds is 2. The van der Waals surface area contributed by atoms with E-state index in [2.05, 4.69) is 4.99 Å². The Hall–Kier alpha value is -1.91. The maximum Gasteiger partial charge on any atom is 0.363 e. The SMILES string of the molecule is O=C1OC(c2cccc(Cl)c2)=NC1=Cc1cccs1. The van der Waals surface area contributed by atoms with Gasteiger partial charge in [0.2, 0.25) is 5.90 Å². The fraction of sp³-hybridized carbons (Fsp3) is 0. The lowest BCUT2D eigenvalue weighted by molar-refractivity contribution is -0.129. The highest BCUT2D eigenvalue weighted by Crippen LogP contribution is 2.22. The molecule has 0 N–H and O–H groups in total. The van der Waals surface area contributed by atoms with Gasteiger partial charge in [-0.1, -0.05) is 23.7 Å². The molecule has 0 fully saturated rings. The number of esters is 1. The molecule has 0 bridgehead atoms. The van der Waals surface area contributed by atoms with Gasteiger partial charge in [-0.2, -0.15) is 0 Å². The van der Waals surface area contributed by atoms with E-state index in [0.29, 0.717) is 16.3 Å². The molecule has 5 heteroatoms. The molecule has 0 atom stereocenters. The van der Waals surface area contributed by atoms with Gasteiger partial charge in [0.05, 0.1) is 0 Å². The monoisotopic (exact) mass is 289 g/mol. The van der Waals surface area contributed by atoms with E-state index in [0.717, 1.165) is 4.88 Å². The van der Waals surface area contributed by atoms with Gasteiger partial charge in [-0.3, -0.25) is 0 Å². The van der Waals surface area contributed by atoms with Crippen LogP contribution in [0, 0.1) is 0 Å². The maximum atomic E-state index is 11.7. The van der Waals surface area contributed by atoms with Crippen molar-refractivity contribution >= 4 is 40.9 Å². The minimum absolute atomic E-state index is 0.287. The van der Waals surface area contributed by atoms with Gasteiger partial charge in [-0.25, -0.2) is 9.79 Å². The predicted octanol–water partition coefficient (Wildman–Crippen LogP) is 3.75. The average Bonchev–Trinajstić information content (AvgIpc) is 3.01. The van der Waals surface area contributed by atoms with Gasteiger partial charge in [0.15, 0.2) is 5.70 Å². The molecule has 0 saturated carbocycles. The van der Waals surface area contributed by atoms with Crippen LogP contribution in [0.1, 0.15) is 10.4 Å². The first-order valence-corrected chi connectivity index (χ1v) is 6.80. The minimum atomic E-state index is -0.441. The van der Waals surface area contributed by atoms with Crippen molar-refractivity contribution in [3.05, 3.63) is 62.9 Å². The Labute approximate surface area is 118 Å². The number of nitrogens with zero attached hydrogens (tertiary/aromatic N) is 1. The molecule has 0 unspecified atom stereocenters. The molecule has 2 aromatic rings. The molecule has 3 rings (SSSR count). The second-order valence-electron chi connectivity index (χ2n) is 3.86. The van der Waals surface area contributed by atoms with E-state index in [4.69, 9.17) is 16.3 Å². The first kappa shape index (κ1) is 12.1. The summed E-state index contributed by atoms with van der Waals surface area (Å²) in [5.74, 6) is -0.154. The second-order valence-corrected chi connectivity index (χ2v) is 5.28. The molecule has 0 saturated heterocycles. The van der Waals surface area contributed by atoms with Gasteiger partial charge in [0, 0.05) is 15.5 Å². The minimum Gasteiger partial charge on any atom is -0.402 e. The molecule has 1 aliphatic rings. The number of hydrogen-bond acceptors (Lipinski definition) is 4. The summed E-state index contributed by atoms with van der Waals surface area (Å²) < 4.78 is 5.15. The van der Waals surface area contributed by atoms with E-state index in [1.165, 1.54) is 11.3 Å². The molecule has 0 spiro atoms. The van der Waals surface area contributed by atoms with Gasteiger partial charge >= 0.3 is 5.97 Å². The van der Waals surface area contributed by atoms with Crippen molar-refractivity contribution in [3.8, 4) is 0 Å². The Morgan fingerprint density at radius 2 is 2.16 bits per heavy atom. The smallest absolute Gasteiger partial charge is 0.363 e. The highest BCUT2D eigenvalue weighted by atomic mass is 35.5. The third-order valence-corrected chi connectivity index (χ3v) is 3.57. The van der Waals surface area contributed by atoms with E-state index < -0.39 is 5.97 Å². The maximum absolute atomic E-state index is 11.7. The van der Waals surface area contributed by atoms with Crippen LogP contribution in [0.5, 0.6) is 0 Å². The number of aliphatic imine (C=N–C) groups is 1. The van der Waals surface area contributed by atoms with Gasteiger partial charge in [-0.15, -0.1) is 11.3 Å². The molecule has 0 aliphatic carbocycles. The summed E-state index contributed by atoms with van der Waals surface area (Å²) in [7, 11) is 0. The van der Waals surface area contributed by atoms with Crippen LogP contribution in [-0.2, 0) is 9.53 Å². The third kappa shape index (κ3) is 2.59. The van der Waals surface area contributed by atoms with Crippen molar-refractivity contribution in [2.75, 3.05) is 0 Å². The Morgan fingerprint density at radius 1 is 1.26 bits per heavy atom. The summed E-state index contributed by atoms with van der Waals surface area (Å²) in [5.41, 5.74) is 0.993. The summed E-state index contributed by atoms with van der Waals surface area (Å²) in [6, 6.07) is 10.9. The van der Waals surface area contributed by atoms with Gasteiger partial charge < -0.3 is 4.74 Å². The number of carbonyl (C=O) groups is 1. The zero-order valence-corrected chi connectivity index (χ0v) is 11.2. The summed E-state index contributed by atoms with van der Waals surface area (Å²) >= 11 is 7.44. The third-order valence-electron chi connectivity index (χ3n) is 2.51. The Balaban J connectivity index is 1.95. The summed E-state index contributed by atoms with van der Waals surface area (Å²) in [5, 5.41) is 2.51. The lowest BCUT2D eigenvalue weighted by Gasteiger charge is -1.98. The van der Waals surface area contributed by atoms with Crippen LogP contribution in [0.15, 0.2) is 52.5 Å². The van der Waals surface area contributed by atoms with E-state index >= 15 is 0 Å². The largest absolute Gasteiger partial charge is 0.402 e. The van der Waals surface area contributed by atoms with Crippen LogP contribution >= 0.6 is 22.9 Å². The zero-order valence-electron chi connectivity index (χ0n) is 9.67. The predicted molar refractivity (Wildman–Crippen MR) is 76.4 cm³/mol. The van der Waals surface area contributed by atoms with Crippen molar-refractivity contribution in [2.45, 2.75) is 0 Å². The number of benzene rings is 1. The quantitative estimate of drug-likeness (QED) is 0.624. The van der Waals surface area contributed by atoms with Crippen LogP contribution in [0.25, 0.3) is 6.08 Å². The van der Waals surface area contributed by atoms with E-state index in [9.17, 15) is 4.79 Å². The number of carbonyl (C=O) groups excluding carboxylic acids is 1. The molecule has 1 aromatic carbocycles. The lowest BCUT2D eigenvalue weighted by Crippen LogP contribution is -2.05. The second kappa shape index (κ2) is 4.99. The first-order chi connectivity index (χ1) is 9.22. The molecule has 1 aliphatic heterocycles. The topological polar surface area (TPSA) is 38.7 Å². The van der Waals surface area contributed by atoms with Crippen molar-refractivity contribution in [1.29, 1.82) is 0 Å². The highest BCUT2D eigenvalue weighted by molar-refractivity contribution is 7.10. The molecule has 3 nitrogen and oxygen atoms in total. The molecular weight excluding hydrogens is 282 g/mol. The number of ether oxygens (including phenoxy) is 1. The van der Waals surface area contributed by atoms with Crippen molar-refractivity contribution in [3.63, 3.8) is 0 Å². The van der Waals surface area contributed by atoms with Gasteiger partial charge in [0.1, 0.15) is 0 Å². The van der Waals surface area contributed by atoms with Gasteiger partial charge in [0.25, 0.3) is 0 Å². The normalized spacial score (nSPS) is 16.6. The number of halogens is 1. The van der Waals surface area contributed by atoms with Gasteiger partial charge in [-0.05, 0) is 35.7 Å². The number of hydrogen-bond donors (Lipinski definition) is 0. The standard InChI is InChI=1S/C14H8ClNO2S/c15-10-4-1-3-9(7-10)13-16-12(14(17)18-13)8-11-5-2-6-19-11/h1-8H. The number of cyclic esters (lactones) is 1. The molecule has 0 amide bonds. The molecule has 0 radical (unpaired) electrons. The van der Waals surface area contributed by atoms with Crippen LogP contribution in [0.2, 0.25) is 5.02 Å². The van der Waals surface area contributed by atoms with Crippen LogP contribution in [-0.4, -0.2) is 11.9 Å². The van der Waals surface area contributed by atoms with Crippen molar-refractivity contribution in [1.82, 2.24) is 0 Å². The van der Waals surface area contributed by atoms with Crippen LogP contribution < -0.4 is 0 Å². The molecule has 2 heterocycles. The Morgan fingerprint density at radius 3 is 2.89 bits per heavy atom. The van der Waals surface area contributed by atoms with E-state index in [1.807, 2.05) is 17.5 Å². The summed E-state index contributed by atoms with van der Waals surface area (Å²) in [6.45, 7) is 0. The first-order valence-electron chi connectivity index (χ1n) is 5.54. The highest BCUT2D eigenvalue weighted by Gasteiger charge is 2.24. The molecule has 19 heavy (non-hydrogen) atoms. The number of thiophene rings is 1. The fourth-order valence-corrected chi connectivity index (χ4v) is 2.50. The lowest BCUT2D eigenvalue weighted by atomic mass is 10.2. The molecular formula is C14H8ClNO2S. The summed E-state index contributed by atoms with van der Waals surface area (Å²) in [4.78, 5) is 16.9. The van der Waals surface area contributed by atoms with E-state index in [-0.39, 0.29) is 5.90 Å². The Bertz CT molecular complexity index is 689. The zero-order chi connectivity index (χ0) is 13.2. The Kier molecular flexibility index (Phi) is 3.19. The van der Waals surface area contributed by atoms with Crippen LogP contribution in [0.4, 0.5) is 0 Å². The summed E-state index contributed by atoms with van der Waals surface area (Å²) in [6.07, 6.45) is 1.71. The molecule has 94 valence electrons. The van der Waals surface area contributed by atoms with Crippen molar-refractivity contribution in [2.24, 2.45) is 4.99 Å². The van der Waals surface area contributed by atoms with E-state index in [1.54, 1.807) is 30.3 Å².